The van der Waals surface area contributed by atoms with E-state index in [0.29, 0.717) is 27.9 Å². The van der Waals surface area contributed by atoms with E-state index >= 15 is 0 Å². The molecule has 1 heterocycles. The second-order valence-electron chi connectivity index (χ2n) is 6.09. The summed E-state index contributed by atoms with van der Waals surface area (Å²) < 4.78 is 5.16. The number of ether oxygens (including phenoxy) is 1. The average molecular weight is 392 g/mol. The molecule has 0 spiro atoms. The molecule has 1 amide bonds. The molecule has 0 fully saturated rings. The molecule has 0 aromatic heterocycles. The zero-order valence-corrected chi connectivity index (χ0v) is 16.0. The normalized spacial score (nSPS) is 16.5. The van der Waals surface area contributed by atoms with Crippen molar-refractivity contribution in [3.63, 3.8) is 0 Å². The largest absolute Gasteiger partial charge is 0.448 e. The van der Waals surface area contributed by atoms with Gasteiger partial charge in [0.15, 0.2) is 0 Å². The highest BCUT2D eigenvalue weighted by Gasteiger charge is 2.28. The van der Waals surface area contributed by atoms with Crippen LogP contribution in [-0.4, -0.2) is 29.5 Å². The van der Waals surface area contributed by atoms with Gasteiger partial charge in [0, 0.05) is 16.8 Å². The number of nitrogens with zero attached hydrogens (tertiary/aromatic N) is 2. The molecule has 1 unspecified atom stereocenters. The molecule has 2 aromatic rings. The number of fused-ring (bicyclic) bond motifs is 1. The van der Waals surface area contributed by atoms with E-state index in [0.717, 1.165) is 16.7 Å². The Hall–Kier alpha value is -2.24. The molecular weight excluding hydrogens is 373 g/mol. The molecule has 5 nitrogen and oxygen atoms in total. The van der Waals surface area contributed by atoms with Crippen LogP contribution in [0.4, 0.5) is 10.5 Å². The Bertz CT molecular complexity index is 866. The maximum atomic E-state index is 12.4. The van der Waals surface area contributed by atoms with Crippen molar-refractivity contribution < 1.29 is 9.53 Å². The number of carbonyl (C=O) groups is 1. The van der Waals surface area contributed by atoms with Crippen molar-refractivity contribution in [1.82, 2.24) is 5.01 Å². The number of nitrogens with two attached hydrogens (primary N) is 1. The fourth-order valence-corrected chi connectivity index (χ4v) is 3.26. The van der Waals surface area contributed by atoms with Crippen molar-refractivity contribution in [3.05, 3.63) is 63.1 Å². The minimum atomic E-state index is -0.488. The van der Waals surface area contributed by atoms with Crippen LogP contribution in [0.25, 0.3) is 0 Å². The third-order valence-corrected chi connectivity index (χ3v) is 4.90. The summed E-state index contributed by atoms with van der Waals surface area (Å²) in [6.45, 7) is 3.96. The molecule has 2 aromatic carbocycles. The summed E-state index contributed by atoms with van der Waals surface area (Å²) in [6.07, 6.45) is 0.0884. The molecule has 2 N–H and O–H groups in total. The van der Waals surface area contributed by atoms with E-state index in [9.17, 15) is 4.79 Å². The highest BCUT2D eigenvalue weighted by atomic mass is 35.5. The van der Waals surface area contributed by atoms with Gasteiger partial charge in [-0.05, 0) is 50.1 Å². The lowest BCUT2D eigenvalue weighted by Crippen LogP contribution is -2.35. The van der Waals surface area contributed by atoms with Gasteiger partial charge >= 0.3 is 6.09 Å². The van der Waals surface area contributed by atoms with Crippen LogP contribution in [0.5, 0.6) is 0 Å². The summed E-state index contributed by atoms with van der Waals surface area (Å²) in [7, 11) is 0. The van der Waals surface area contributed by atoms with E-state index in [4.69, 9.17) is 33.7 Å². The van der Waals surface area contributed by atoms with Gasteiger partial charge in [0.25, 0.3) is 0 Å². The molecule has 1 atom stereocenters. The van der Waals surface area contributed by atoms with Gasteiger partial charge in [-0.15, -0.1) is 0 Å². The maximum absolute atomic E-state index is 12.4. The van der Waals surface area contributed by atoms with E-state index in [1.807, 2.05) is 25.1 Å². The fraction of sp³-hybridized carbons (Fsp3) is 0.263. The summed E-state index contributed by atoms with van der Waals surface area (Å²) in [4.78, 5) is 12.4. The Morgan fingerprint density at radius 1 is 1.27 bits per heavy atom. The summed E-state index contributed by atoms with van der Waals surface area (Å²) in [6, 6.07) is 10.7. The zero-order chi connectivity index (χ0) is 18.8. The number of anilines is 1. The van der Waals surface area contributed by atoms with E-state index in [1.54, 1.807) is 25.1 Å². The number of rotatable bonds is 2. The predicted molar refractivity (Wildman–Crippen MR) is 105 cm³/mol. The Labute approximate surface area is 162 Å². The number of hydrogen-bond acceptors (Lipinski definition) is 4. The summed E-state index contributed by atoms with van der Waals surface area (Å²) in [5.41, 5.74) is 9.69. The smallest absolute Gasteiger partial charge is 0.430 e. The van der Waals surface area contributed by atoms with Gasteiger partial charge in [-0.1, -0.05) is 35.3 Å². The van der Waals surface area contributed by atoms with Crippen LogP contribution >= 0.6 is 23.2 Å². The highest BCUT2D eigenvalue weighted by Crippen LogP contribution is 2.31. The van der Waals surface area contributed by atoms with E-state index < -0.39 is 6.09 Å². The van der Waals surface area contributed by atoms with Crippen molar-refractivity contribution in [1.29, 1.82) is 0 Å². The fourth-order valence-electron chi connectivity index (χ4n) is 2.91. The van der Waals surface area contributed by atoms with Gasteiger partial charge in [-0.25, -0.2) is 4.79 Å². The van der Waals surface area contributed by atoms with Gasteiger partial charge in [0.2, 0.25) is 0 Å². The first kappa shape index (κ1) is 18.5. The standard InChI is InChI=1S/C19H19Cl2N3O2/c1-3-26-19(25)24-11(2)8-13-9-16(20)17(21)10-15(13)18(23-24)12-4-6-14(22)7-5-12/h4-7,9-11H,3,8,22H2,1-2H3. The minimum Gasteiger partial charge on any atom is -0.448 e. The van der Waals surface area contributed by atoms with Crippen LogP contribution in [0, 0.1) is 0 Å². The van der Waals surface area contributed by atoms with Crippen molar-refractivity contribution in [3.8, 4) is 0 Å². The average Bonchev–Trinajstić information content (AvgIpc) is 2.73. The molecule has 7 heteroatoms. The lowest BCUT2D eigenvalue weighted by Gasteiger charge is -2.22. The third kappa shape index (κ3) is 3.64. The topological polar surface area (TPSA) is 67.9 Å². The maximum Gasteiger partial charge on any atom is 0.430 e. The molecule has 1 aliphatic heterocycles. The quantitative estimate of drug-likeness (QED) is 0.752. The first-order valence-corrected chi connectivity index (χ1v) is 9.05. The first-order chi connectivity index (χ1) is 12.4. The second kappa shape index (κ2) is 7.56. The van der Waals surface area contributed by atoms with Crippen molar-refractivity contribution in [2.75, 3.05) is 12.3 Å². The van der Waals surface area contributed by atoms with Crippen LogP contribution in [0.1, 0.15) is 30.5 Å². The number of benzene rings is 2. The molecule has 0 aliphatic carbocycles. The van der Waals surface area contributed by atoms with Crippen molar-refractivity contribution in [2.24, 2.45) is 5.10 Å². The monoisotopic (exact) mass is 391 g/mol. The van der Waals surface area contributed by atoms with Crippen molar-refractivity contribution in [2.45, 2.75) is 26.3 Å². The molecule has 26 heavy (non-hydrogen) atoms. The Morgan fingerprint density at radius 2 is 1.92 bits per heavy atom. The van der Waals surface area contributed by atoms with Gasteiger partial charge in [0.1, 0.15) is 0 Å². The predicted octanol–water partition coefficient (Wildman–Crippen LogP) is 4.73. The molecule has 0 radical (unpaired) electrons. The molecule has 1 aliphatic rings. The van der Waals surface area contributed by atoms with Gasteiger partial charge in [-0.3, -0.25) is 0 Å². The van der Waals surface area contributed by atoms with Crippen LogP contribution < -0.4 is 5.73 Å². The second-order valence-corrected chi connectivity index (χ2v) is 6.91. The van der Waals surface area contributed by atoms with E-state index in [2.05, 4.69) is 5.10 Å². The SMILES string of the molecule is CCOC(=O)N1N=C(c2ccc(N)cc2)c2cc(Cl)c(Cl)cc2CC1C. The summed E-state index contributed by atoms with van der Waals surface area (Å²) in [5, 5.41) is 6.90. The first-order valence-electron chi connectivity index (χ1n) is 8.29. The third-order valence-electron chi connectivity index (χ3n) is 4.18. The highest BCUT2D eigenvalue weighted by molar-refractivity contribution is 6.42. The number of carbonyl (C=O) groups excluding carboxylic acids is 1. The van der Waals surface area contributed by atoms with Crippen LogP contribution in [0.3, 0.4) is 0 Å². The molecular formula is C19H19Cl2N3O2. The minimum absolute atomic E-state index is 0.198. The number of hydrogen-bond donors (Lipinski definition) is 1. The lowest BCUT2D eigenvalue weighted by atomic mass is 9.94. The molecule has 0 bridgehead atoms. The molecule has 0 saturated carbocycles. The summed E-state index contributed by atoms with van der Waals surface area (Å²) in [5.74, 6) is 0. The Kier molecular flexibility index (Phi) is 5.39. The molecule has 0 saturated heterocycles. The molecule has 136 valence electrons. The van der Waals surface area contributed by atoms with Gasteiger partial charge < -0.3 is 10.5 Å². The number of nitrogen functional groups attached to an aromatic ring is 1. The van der Waals surface area contributed by atoms with Crippen LogP contribution in [0.15, 0.2) is 41.5 Å². The Balaban J connectivity index is 2.19. The van der Waals surface area contributed by atoms with Gasteiger partial charge in [0.05, 0.1) is 28.4 Å². The van der Waals surface area contributed by atoms with E-state index in [-0.39, 0.29) is 12.6 Å². The number of halogens is 2. The summed E-state index contributed by atoms with van der Waals surface area (Å²) >= 11 is 12.5. The molecule has 3 rings (SSSR count). The van der Waals surface area contributed by atoms with Crippen LogP contribution in [0.2, 0.25) is 10.0 Å². The number of hydrazone groups is 1. The number of amides is 1. The van der Waals surface area contributed by atoms with Crippen LogP contribution in [-0.2, 0) is 11.2 Å². The van der Waals surface area contributed by atoms with E-state index in [1.165, 1.54) is 5.01 Å². The Morgan fingerprint density at radius 3 is 2.58 bits per heavy atom. The van der Waals surface area contributed by atoms with Crippen molar-refractivity contribution >= 4 is 40.7 Å². The lowest BCUT2D eigenvalue weighted by molar-refractivity contribution is 0.0951. The van der Waals surface area contributed by atoms with Gasteiger partial charge in [-0.2, -0.15) is 10.1 Å². The zero-order valence-electron chi connectivity index (χ0n) is 14.5.